The Morgan fingerprint density at radius 2 is 1.14 bits per heavy atom. The van der Waals surface area contributed by atoms with Gasteiger partial charge in [0.1, 0.15) is 0 Å². The van der Waals surface area contributed by atoms with Crippen molar-refractivity contribution in [2.24, 2.45) is 11.8 Å². The van der Waals surface area contributed by atoms with Crippen molar-refractivity contribution in [3.05, 3.63) is 201 Å². The molecular weight excluding hydrogens is 703 g/mol. The van der Waals surface area contributed by atoms with E-state index in [4.69, 9.17) is 6.57 Å². The molecule has 0 N–H and O–H groups in total. The Hall–Kier alpha value is -6.16. The summed E-state index contributed by atoms with van der Waals surface area (Å²) in [5.41, 5.74) is 15.2. The van der Waals surface area contributed by atoms with Crippen molar-refractivity contribution in [2.45, 2.75) is 84.5 Å². The van der Waals surface area contributed by atoms with E-state index in [0.29, 0.717) is 11.8 Å². The number of anilines is 3. The Bertz CT molecular complexity index is 2430. The van der Waals surface area contributed by atoms with Gasteiger partial charge in [-0.1, -0.05) is 169 Å². The van der Waals surface area contributed by atoms with E-state index in [2.05, 4.69) is 183 Å². The van der Waals surface area contributed by atoms with Crippen molar-refractivity contribution in [1.82, 2.24) is 0 Å². The van der Waals surface area contributed by atoms with Crippen LogP contribution in [-0.4, -0.2) is 0 Å². The van der Waals surface area contributed by atoms with Crippen LogP contribution in [0.2, 0.25) is 0 Å². The topological polar surface area (TPSA) is 31.4 Å². The van der Waals surface area contributed by atoms with E-state index in [0.717, 1.165) is 70.6 Å². The third kappa shape index (κ3) is 6.84. The molecular formula is C55H53N3. The van der Waals surface area contributed by atoms with Gasteiger partial charge < -0.3 is 4.90 Å². The van der Waals surface area contributed by atoms with Crippen molar-refractivity contribution in [2.75, 3.05) is 4.90 Å². The maximum atomic E-state index is 10.4. The van der Waals surface area contributed by atoms with Gasteiger partial charge in [-0.05, 0) is 117 Å². The summed E-state index contributed by atoms with van der Waals surface area (Å²) in [4.78, 5) is 6.32. The van der Waals surface area contributed by atoms with Crippen LogP contribution < -0.4 is 4.90 Å². The molecule has 6 aromatic carbocycles. The molecule has 0 saturated heterocycles. The lowest BCUT2D eigenvalue weighted by atomic mass is 9.56. The van der Waals surface area contributed by atoms with Crippen LogP contribution in [0.4, 0.5) is 17.1 Å². The molecule has 6 aromatic rings. The minimum absolute atomic E-state index is 0.128. The smallest absolute Gasteiger partial charge is 0.270 e. The average Bonchev–Trinajstić information content (AvgIpc) is 3.27. The van der Waals surface area contributed by atoms with Crippen molar-refractivity contribution in [1.29, 1.82) is 5.26 Å². The predicted octanol–water partition coefficient (Wildman–Crippen LogP) is 14.8. The number of benzene rings is 6. The number of nitriles is 1. The molecule has 1 heterocycles. The Kier molecular flexibility index (Phi) is 11.2. The number of hydrogen-bond acceptors (Lipinski definition) is 2. The summed E-state index contributed by atoms with van der Waals surface area (Å²) in [6.07, 6.45) is 9.07. The molecule has 3 nitrogen and oxygen atoms in total. The Morgan fingerprint density at radius 3 is 1.66 bits per heavy atom. The van der Waals surface area contributed by atoms with E-state index in [-0.39, 0.29) is 5.70 Å². The van der Waals surface area contributed by atoms with Crippen molar-refractivity contribution >= 4 is 22.6 Å². The lowest BCUT2D eigenvalue weighted by Gasteiger charge is -2.50. The molecule has 0 fully saturated rings. The lowest BCUT2D eigenvalue weighted by molar-refractivity contribution is 0.495. The van der Waals surface area contributed by atoms with E-state index < -0.39 is 5.41 Å². The van der Waals surface area contributed by atoms with E-state index >= 15 is 0 Å². The van der Waals surface area contributed by atoms with Crippen LogP contribution in [0, 0.1) is 29.7 Å². The lowest BCUT2D eigenvalue weighted by Crippen LogP contribution is -2.41. The third-order valence-electron chi connectivity index (χ3n) is 13.0. The van der Waals surface area contributed by atoms with E-state index in [9.17, 15) is 5.26 Å². The van der Waals surface area contributed by atoms with Crippen LogP contribution in [0.1, 0.15) is 111 Å². The number of allylic oxidation sites excluding steroid dienone is 1. The zero-order valence-electron chi connectivity index (χ0n) is 34.4. The highest BCUT2D eigenvalue weighted by Gasteiger charge is 2.51. The first kappa shape index (κ1) is 38.7. The SMILES string of the molecule is [C-]#[N+]C(C#N)=C1c2ccccc2C2(c3ccccc31)c1cc(CCCC(C)CC)ccc1N(c1cccc(-c3ccccc3)c1)c1ccc(CCCC(C)CC)cc12. The van der Waals surface area contributed by atoms with Gasteiger partial charge in [-0.25, -0.2) is 10.1 Å². The maximum absolute atomic E-state index is 10.4. The zero-order valence-corrected chi connectivity index (χ0v) is 34.4. The van der Waals surface area contributed by atoms with E-state index in [1.54, 1.807) is 0 Å². The number of nitrogens with zero attached hydrogens (tertiary/aromatic N) is 3. The normalized spacial score (nSPS) is 16.0. The second-order valence-electron chi connectivity index (χ2n) is 16.6. The molecule has 288 valence electrons. The van der Waals surface area contributed by atoms with Crippen LogP contribution in [-0.2, 0) is 18.3 Å². The Labute approximate surface area is 346 Å². The number of rotatable bonds is 12. The highest BCUT2D eigenvalue weighted by molar-refractivity contribution is 5.98. The highest BCUT2D eigenvalue weighted by atomic mass is 15.2. The first-order valence-electron chi connectivity index (χ1n) is 21.4. The summed E-state index contributed by atoms with van der Waals surface area (Å²) in [6.45, 7) is 17.5. The van der Waals surface area contributed by atoms with Gasteiger partial charge in [0.2, 0.25) is 0 Å². The molecule has 0 amide bonds. The summed E-state index contributed by atoms with van der Waals surface area (Å²) in [5, 5.41) is 10.4. The summed E-state index contributed by atoms with van der Waals surface area (Å²) >= 11 is 0. The summed E-state index contributed by atoms with van der Waals surface area (Å²) in [5.74, 6) is 1.39. The van der Waals surface area contributed by atoms with Gasteiger partial charge in [-0.3, -0.25) is 0 Å². The van der Waals surface area contributed by atoms with Crippen molar-refractivity contribution in [3.63, 3.8) is 0 Å². The summed E-state index contributed by atoms with van der Waals surface area (Å²) < 4.78 is 0. The molecule has 2 atom stereocenters. The molecule has 1 spiro atoms. The molecule has 58 heavy (non-hydrogen) atoms. The Morgan fingerprint density at radius 1 is 0.621 bits per heavy atom. The number of aryl methyl sites for hydroxylation is 2. The molecule has 1 aliphatic carbocycles. The Balaban J connectivity index is 1.45. The average molecular weight is 756 g/mol. The van der Waals surface area contributed by atoms with Crippen LogP contribution in [0.3, 0.4) is 0 Å². The third-order valence-corrected chi connectivity index (χ3v) is 13.0. The first-order valence-corrected chi connectivity index (χ1v) is 21.4. The standard InChI is InChI=1S/C55H53N3/c1-6-38(3)18-15-20-40-30-32-52-49(34-40)55(47-28-13-11-26-45(47)54(51(37-56)57-5)46-27-12-14-29-48(46)55)50-35-41(21-16-19-39(4)7-2)31-33-53(50)58(52)44-25-17-24-43(36-44)42-22-9-8-10-23-42/h8-14,17,22-36,38-39H,6-7,15-16,18-21H2,1-4H3. The number of hydrogen-bond donors (Lipinski definition) is 0. The fourth-order valence-corrected chi connectivity index (χ4v) is 9.51. The molecule has 1 aliphatic heterocycles. The van der Waals surface area contributed by atoms with Gasteiger partial charge in [0.25, 0.3) is 5.70 Å². The fraction of sp³-hybridized carbons (Fsp3) is 0.273. The van der Waals surface area contributed by atoms with Crippen molar-refractivity contribution < 1.29 is 0 Å². The van der Waals surface area contributed by atoms with E-state index in [1.165, 1.54) is 59.1 Å². The van der Waals surface area contributed by atoms with Crippen LogP contribution in [0.25, 0.3) is 21.5 Å². The summed E-state index contributed by atoms with van der Waals surface area (Å²) in [7, 11) is 0. The second-order valence-corrected chi connectivity index (χ2v) is 16.6. The maximum Gasteiger partial charge on any atom is 0.270 e. The fourth-order valence-electron chi connectivity index (χ4n) is 9.51. The van der Waals surface area contributed by atoms with Gasteiger partial charge in [-0.15, -0.1) is 0 Å². The quantitative estimate of drug-likeness (QED) is 0.0918. The van der Waals surface area contributed by atoms with Gasteiger partial charge in [0.15, 0.2) is 0 Å². The van der Waals surface area contributed by atoms with Crippen LogP contribution in [0.15, 0.2) is 145 Å². The van der Waals surface area contributed by atoms with Gasteiger partial charge in [-0.2, -0.15) is 0 Å². The number of fused-ring (bicyclic) bond motifs is 8. The van der Waals surface area contributed by atoms with Gasteiger partial charge in [0, 0.05) is 11.3 Å². The molecule has 0 bridgehead atoms. The zero-order chi connectivity index (χ0) is 40.2. The van der Waals surface area contributed by atoms with Gasteiger partial charge >= 0.3 is 0 Å². The largest absolute Gasteiger partial charge is 0.310 e. The minimum atomic E-state index is -0.711. The van der Waals surface area contributed by atoms with E-state index in [1.807, 2.05) is 0 Å². The molecule has 8 rings (SSSR count). The molecule has 0 aromatic heterocycles. The van der Waals surface area contributed by atoms with Crippen molar-refractivity contribution in [3.8, 4) is 17.2 Å². The second kappa shape index (κ2) is 16.7. The van der Waals surface area contributed by atoms with Crippen LogP contribution in [0.5, 0.6) is 0 Å². The molecule has 3 heteroatoms. The van der Waals surface area contributed by atoms with Crippen LogP contribution >= 0.6 is 0 Å². The molecule has 2 unspecified atom stereocenters. The molecule has 2 aliphatic rings. The predicted molar refractivity (Wildman–Crippen MR) is 241 cm³/mol. The monoisotopic (exact) mass is 755 g/mol. The highest BCUT2D eigenvalue weighted by Crippen LogP contribution is 2.62. The minimum Gasteiger partial charge on any atom is -0.310 e. The first-order chi connectivity index (χ1) is 28.4. The van der Waals surface area contributed by atoms with Gasteiger partial charge in [0.05, 0.1) is 29.4 Å². The summed E-state index contributed by atoms with van der Waals surface area (Å²) in [6, 6.07) is 53.5. The molecule has 0 saturated carbocycles. The molecule has 0 radical (unpaired) electrons.